The third-order valence-electron chi connectivity index (χ3n) is 1.22. The van der Waals surface area contributed by atoms with Gasteiger partial charge in [-0.15, -0.1) is 0 Å². The predicted molar refractivity (Wildman–Crippen MR) is 41.8 cm³/mol. The van der Waals surface area contributed by atoms with Crippen LogP contribution in [0.1, 0.15) is 26.7 Å². The second-order valence-electron chi connectivity index (χ2n) is 2.11. The maximum absolute atomic E-state index is 9.97. The van der Waals surface area contributed by atoms with Crippen LogP contribution in [0, 0.1) is 5.92 Å². The summed E-state index contributed by atoms with van der Waals surface area (Å²) < 4.78 is 0. The van der Waals surface area contributed by atoms with Crippen LogP contribution in [0.25, 0.3) is 0 Å². The zero-order valence-corrected chi connectivity index (χ0v) is 6.92. The van der Waals surface area contributed by atoms with Crippen molar-refractivity contribution in [2.75, 3.05) is 7.05 Å². The molecule has 0 radical (unpaired) electrons. The molecule has 3 nitrogen and oxygen atoms in total. The molecule has 0 aliphatic heterocycles. The third-order valence-corrected chi connectivity index (χ3v) is 1.22. The number of rotatable bonds is 3. The summed E-state index contributed by atoms with van der Waals surface area (Å²) in [6.07, 6.45) is 1.25. The van der Waals surface area contributed by atoms with Gasteiger partial charge >= 0.3 is 5.97 Å². The highest BCUT2D eigenvalue weighted by molar-refractivity contribution is 5.66. The van der Waals surface area contributed by atoms with Gasteiger partial charge in [-0.1, -0.05) is 20.3 Å². The number of carboxylic acid groups (broad SMARTS) is 1. The average molecular weight is 147 g/mol. The van der Waals surface area contributed by atoms with Gasteiger partial charge in [0.05, 0.1) is 0 Å². The van der Waals surface area contributed by atoms with Crippen molar-refractivity contribution in [1.82, 2.24) is 0 Å². The number of nitrogens with two attached hydrogens (primary N) is 1. The van der Waals surface area contributed by atoms with E-state index in [2.05, 4.69) is 5.73 Å². The molecule has 0 bridgehead atoms. The van der Waals surface area contributed by atoms with Gasteiger partial charge in [0, 0.05) is 6.42 Å². The van der Waals surface area contributed by atoms with Crippen LogP contribution in [0.15, 0.2) is 0 Å². The second kappa shape index (κ2) is 8.43. The van der Waals surface area contributed by atoms with Gasteiger partial charge in [-0.05, 0) is 13.0 Å². The van der Waals surface area contributed by atoms with E-state index < -0.39 is 5.97 Å². The van der Waals surface area contributed by atoms with Crippen molar-refractivity contribution in [3.05, 3.63) is 0 Å². The van der Waals surface area contributed by atoms with Crippen LogP contribution >= 0.6 is 0 Å². The average Bonchev–Trinajstić information content (AvgIpc) is 1.91. The van der Waals surface area contributed by atoms with E-state index in [1.807, 2.05) is 13.8 Å². The number of hydrogen-bond acceptors (Lipinski definition) is 2. The molecule has 3 N–H and O–H groups in total. The third kappa shape index (κ3) is 10.4. The summed E-state index contributed by atoms with van der Waals surface area (Å²) in [5.41, 5.74) is 4.50. The number of carbonyl (C=O) groups is 1. The molecule has 62 valence electrons. The van der Waals surface area contributed by atoms with Gasteiger partial charge in [-0.25, -0.2) is 0 Å². The monoisotopic (exact) mass is 147 g/mol. The molecule has 0 amide bonds. The highest BCUT2D eigenvalue weighted by Gasteiger charge is 2.02. The van der Waals surface area contributed by atoms with Crippen LogP contribution < -0.4 is 5.73 Å². The van der Waals surface area contributed by atoms with Gasteiger partial charge in [0.1, 0.15) is 0 Å². The minimum absolute atomic E-state index is 0.302. The summed E-state index contributed by atoms with van der Waals surface area (Å²) in [4.78, 5) is 9.97. The van der Waals surface area contributed by atoms with Gasteiger partial charge in [0.2, 0.25) is 0 Å². The molecule has 0 saturated heterocycles. The largest absolute Gasteiger partial charge is 0.481 e. The van der Waals surface area contributed by atoms with E-state index in [1.165, 1.54) is 7.05 Å². The molecule has 0 aromatic rings. The van der Waals surface area contributed by atoms with Crippen molar-refractivity contribution in [3.63, 3.8) is 0 Å². The zero-order chi connectivity index (χ0) is 8.57. The molecular formula is C7H17NO2. The number of carboxylic acids is 1. The zero-order valence-electron chi connectivity index (χ0n) is 6.92. The van der Waals surface area contributed by atoms with Gasteiger partial charge in [-0.2, -0.15) is 0 Å². The maximum Gasteiger partial charge on any atom is 0.303 e. The summed E-state index contributed by atoms with van der Waals surface area (Å²) in [6, 6.07) is 0. The Morgan fingerprint density at radius 1 is 1.60 bits per heavy atom. The van der Waals surface area contributed by atoms with Crippen LogP contribution in [0.4, 0.5) is 0 Å². The van der Waals surface area contributed by atoms with E-state index in [-0.39, 0.29) is 0 Å². The molecule has 10 heavy (non-hydrogen) atoms. The molecule has 1 atom stereocenters. The first-order valence-electron chi connectivity index (χ1n) is 3.46. The topological polar surface area (TPSA) is 63.3 Å². The van der Waals surface area contributed by atoms with Crippen LogP contribution in [0.3, 0.4) is 0 Å². The Labute approximate surface area is 62.2 Å². The summed E-state index contributed by atoms with van der Waals surface area (Å²) in [5, 5.41) is 8.22. The Hall–Kier alpha value is -0.570. The lowest BCUT2D eigenvalue weighted by molar-refractivity contribution is -0.137. The van der Waals surface area contributed by atoms with Gasteiger partial charge in [0.25, 0.3) is 0 Å². The SMILES string of the molecule is CC[C@H](C)CC(=O)O.CN. The number of hydrogen-bond donors (Lipinski definition) is 2. The van der Waals surface area contributed by atoms with E-state index in [9.17, 15) is 4.79 Å². The summed E-state index contributed by atoms with van der Waals surface area (Å²) >= 11 is 0. The van der Waals surface area contributed by atoms with E-state index >= 15 is 0 Å². The Balaban J connectivity index is 0. The van der Waals surface area contributed by atoms with Crippen LogP contribution in [0.2, 0.25) is 0 Å². The molecule has 0 aromatic carbocycles. The minimum Gasteiger partial charge on any atom is -0.481 e. The smallest absolute Gasteiger partial charge is 0.303 e. The quantitative estimate of drug-likeness (QED) is 0.628. The van der Waals surface area contributed by atoms with Gasteiger partial charge in [0.15, 0.2) is 0 Å². The normalized spacial score (nSPS) is 11.2. The first kappa shape index (κ1) is 12.1. The fraction of sp³-hybridized carbons (Fsp3) is 0.857. The molecular weight excluding hydrogens is 130 g/mol. The minimum atomic E-state index is -0.695. The Bertz CT molecular complexity index is 83.7. The molecule has 0 rings (SSSR count). The molecule has 0 aliphatic carbocycles. The summed E-state index contributed by atoms with van der Waals surface area (Å²) in [6.45, 7) is 3.93. The molecule has 3 heteroatoms. The van der Waals surface area contributed by atoms with Crippen LogP contribution in [0.5, 0.6) is 0 Å². The molecule has 0 aromatic heterocycles. The first-order chi connectivity index (χ1) is 4.66. The lowest BCUT2D eigenvalue weighted by Gasteiger charge is -2.00. The Kier molecular flexibility index (Phi) is 10.2. The van der Waals surface area contributed by atoms with Crippen LogP contribution in [-0.4, -0.2) is 18.1 Å². The maximum atomic E-state index is 9.97. The van der Waals surface area contributed by atoms with Crippen LogP contribution in [-0.2, 0) is 4.79 Å². The standard InChI is InChI=1S/C6H12O2.CH5N/c1-3-5(2)4-6(7)8;1-2/h5H,3-4H2,1-2H3,(H,7,8);2H2,1H3/t5-;/m0./s1. The summed E-state index contributed by atoms with van der Waals surface area (Å²) in [7, 11) is 1.50. The predicted octanol–water partition coefficient (Wildman–Crippen LogP) is 1.08. The fourth-order valence-corrected chi connectivity index (χ4v) is 0.442. The van der Waals surface area contributed by atoms with Crippen molar-refractivity contribution in [3.8, 4) is 0 Å². The van der Waals surface area contributed by atoms with E-state index in [0.717, 1.165) is 6.42 Å². The summed E-state index contributed by atoms with van der Waals surface area (Å²) in [5.74, 6) is -0.369. The van der Waals surface area contributed by atoms with Crippen molar-refractivity contribution in [2.24, 2.45) is 11.7 Å². The van der Waals surface area contributed by atoms with E-state index in [1.54, 1.807) is 0 Å². The highest BCUT2D eigenvalue weighted by atomic mass is 16.4. The number of aliphatic carboxylic acids is 1. The van der Waals surface area contributed by atoms with Crippen molar-refractivity contribution < 1.29 is 9.90 Å². The fourth-order valence-electron chi connectivity index (χ4n) is 0.442. The van der Waals surface area contributed by atoms with Gasteiger partial charge in [-0.3, -0.25) is 4.79 Å². The molecule has 0 spiro atoms. The first-order valence-corrected chi connectivity index (χ1v) is 3.46. The van der Waals surface area contributed by atoms with E-state index in [0.29, 0.717) is 12.3 Å². The van der Waals surface area contributed by atoms with Crippen molar-refractivity contribution in [1.29, 1.82) is 0 Å². The molecule has 0 unspecified atom stereocenters. The lowest BCUT2D eigenvalue weighted by atomic mass is 10.1. The Morgan fingerprint density at radius 3 is 2.10 bits per heavy atom. The molecule has 0 heterocycles. The van der Waals surface area contributed by atoms with Crippen molar-refractivity contribution in [2.45, 2.75) is 26.7 Å². The Morgan fingerprint density at radius 2 is 2.00 bits per heavy atom. The lowest BCUT2D eigenvalue weighted by Crippen LogP contribution is -2.02. The van der Waals surface area contributed by atoms with Gasteiger partial charge < -0.3 is 10.8 Å². The molecule has 0 saturated carbocycles. The van der Waals surface area contributed by atoms with Crippen molar-refractivity contribution >= 4 is 5.97 Å². The molecule has 0 aliphatic rings. The van der Waals surface area contributed by atoms with E-state index in [4.69, 9.17) is 5.11 Å². The highest BCUT2D eigenvalue weighted by Crippen LogP contribution is 2.04. The molecule has 0 fully saturated rings. The second-order valence-corrected chi connectivity index (χ2v) is 2.11.